The van der Waals surface area contributed by atoms with Crippen LogP contribution in [-0.2, 0) is 15.7 Å². The van der Waals surface area contributed by atoms with E-state index < -0.39 is 29.8 Å². The Kier molecular flexibility index (Phi) is 6.14. The molecule has 1 N–H and O–H groups in total. The average Bonchev–Trinajstić information content (AvgIpc) is 3.32. The van der Waals surface area contributed by atoms with E-state index in [1.54, 1.807) is 37.3 Å². The number of carbonyl (C=O) groups excluding carboxylic acids is 2. The van der Waals surface area contributed by atoms with Crippen molar-refractivity contribution in [2.45, 2.75) is 33.0 Å². The lowest BCUT2D eigenvalue weighted by atomic mass is 10.2. The van der Waals surface area contributed by atoms with Gasteiger partial charge in [-0.3, -0.25) is 9.48 Å². The van der Waals surface area contributed by atoms with Gasteiger partial charge in [-0.2, -0.15) is 23.4 Å². The van der Waals surface area contributed by atoms with Crippen LogP contribution in [0.3, 0.4) is 0 Å². The van der Waals surface area contributed by atoms with Crippen molar-refractivity contribution in [2.75, 3.05) is 11.9 Å². The Bertz CT molecular complexity index is 1090. The molecule has 0 spiro atoms. The number of aromatic nitrogens is 4. The molecule has 0 bridgehead atoms. The third-order valence-corrected chi connectivity index (χ3v) is 4.47. The Balaban J connectivity index is 1.95. The summed E-state index contributed by atoms with van der Waals surface area (Å²) in [5.74, 6) is -1.33. The summed E-state index contributed by atoms with van der Waals surface area (Å²) in [6.45, 7) is 4.58. The molecule has 0 saturated carbocycles. The molecule has 0 fully saturated rings. The summed E-state index contributed by atoms with van der Waals surface area (Å²) < 4.78 is 46.2. The Morgan fingerprint density at radius 1 is 1.23 bits per heavy atom. The fraction of sp³-hybridized carbons (Fsp3) is 0.300. The predicted molar refractivity (Wildman–Crippen MR) is 105 cm³/mol. The molecule has 8 nitrogen and oxygen atoms in total. The molecule has 2 heterocycles. The third-order valence-electron chi connectivity index (χ3n) is 4.47. The molecule has 0 aliphatic carbocycles. The molecule has 164 valence electrons. The van der Waals surface area contributed by atoms with Crippen molar-refractivity contribution >= 4 is 17.7 Å². The van der Waals surface area contributed by atoms with Crippen LogP contribution >= 0.6 is 0 Å². The number of nitrogens with zero attached hydrogens (tertiary/aromatic N) is 4. The zero-order chi connectivity index (χ0) is 22.8. The molecule has 1 aromatic carbocycles. The van der Waals surface area contributed by atoms with E-state index in [2.05, 4.69) is 15.5 Å². The van der Waals surface area contributed by atoms with E-state index in [1.807, 2.05) is 0 Å². The van der Waals surface area contributed by atoms with Gasteiger partial charge in [0.25, 0.3) is 0 Å². The van der Waals surface area contributed by atoms with Gasteiger partial charge in [-0.1, -0.05) is 18.2 Å². The maximum atomic E-state index is 13.0. The topological polar surface area (TPSA) is 91.0 Å². The third kappa shape index (κ3) is 4.60. The van der Waals surface area contributed by atoms with Crippen LogP contribution in [0.2, 0.25) is 0 Å². The minimum Gasteiger partial charge on any atom is -0.462 e. The minimum absolute atomic E-state index is 0.0134. The Labute approximate surface area is 175 Å². The molecule has 1 amide bonds. The zero-order valence-corrected chi connectivity index (χ0v) is 17.0. The smallest absolute Gasteiger partial charge is 0.435 e. The fourth-order valence-electron chi connectivity index (χ4n) is 2.94. The highest BCUT2D eigenvalue weighted by molar-refractivity contribution is 6.01. The molecule has 1 unspecified atom stereocenters. The number of benzene rings is 1. The highest BCUT2D eigenvalue weighted by atomic mass is 19.4. The summed E-state index contributed by atoms with van der Waals surface area (Å²) in [6.07, 6.45) is -3.37. The quantitative estimate of drug-likeness (QED) is 0.595. The highest BCUT2D eigenvalue weighted by Gasteiger charge is 2.35. The van der Waals surface area contributed by atoms with E-state index in [1.165, 1.54) is 24.7 Å². The van der Waals surface area contributed by atoms with Crippen LogP contribution in [0.1, 0.15) is 41.6 Å². The zero-order valence-electron chi connectivity index (χ0n) is 17.0. The first kappa shape index (κ1) is 22.1. The van der Waals surface area contributed by atoms with Crippen LogP contribution in [0.15, 0.2) is 42.6 Å². The second kappa shape index (κ2) is 8.62. The molecule has 0 aliphatic rings. The Morgan fingerprint density at radius 2 is 1.90 bits per heavy atom. The number of ether oxygens (including phenoxy) is 1. The molecule has 3 rings (SSSR count). The minimum atomic E-state index is -4.63. The maximum absolute atomic E-state index is 13.0. The molecule has 31 heavy (non-hydrogen) atoms. The van der Waals surface area contributed by atoms with Crippen molar-refractivity contribution in [3.63, 3.8) is 0 Å². The Hall–Kier alpha value is -3.63. The van der Waals surface area contributed by atoms with Crippen molar-refractivity contribution in [1.29, 1.82) is 0 Å². The first-order valence-electron chi connectivity index (χ1n) is 9.38. The summed E-state index contributed by atoms with van der Waals surface area (Å²) in [5, 5.41) is 10.3. The van der Waals surface area contributed by atoms with Gasteiger partial charge >= 0.3 is 12.1 Å². The SMILES string of the molecule is CCOC(=O)c1cnn(-c2ccccc2)c1NC(=O)C(C)n1nc(C(F)(F)F)cc1C. The van der Waals surface area contributed by atoms with Gasteiger partial charge in [0, 0.05) is 5.69 Å². The van der Waals surface area contributed by atoms with Gasteiger partial charge in [-0.25, -0.2) is 9.48 Å². The van der Waals surface area contributed by atoms with E-state index in [0.717, 1.165) is 10.7 Å². The van der Waals surface area contributed by atoms with Crippen LogP contribution < -0.4 is 5.32 Å². The van der Waals surface area contributed by atoms with Gasteiger partial charge in [-0.05, 0) is 39.0 Å². The molecule has 1 atom stereocenters. The van der Waals surface area contributed by atoms with Gasteiger partial charge < -0.3 is 10.1 Å². The van der Waals surface area contributed by atoms with Gasteiger partial charge in [0.15, 0.2) is 11.5 Å². The van der Waals surface area contributed by atoms with E-state index >= 15 is 0 Å². The molecule has 11 heteroatoms. The summed E-state index contributed by atoms with van der Waals surface area (Å²) >= 11 is 0. The lowest BCUT2D eigenvalue weighted by Crippen LogP contribution is -2.27. The summed E-state index contributed by atoms with van der Waals surface area (Å²) in [6, 6.07) is 8.50. The van der Waals surface area contributed by atoms with E-state index in [0.29, 0.717) is 5.69 Å². The van der Waals surface area contributed by atoms with Crippen LogP contribution in [0.25, 0.3) is 5.69 Å². The molecular formula is C20H20F3N5O3. The number of aryl methyl sites for hydroxylation is 1. The molecule has 0 radical (unpaired) electrons. The number of halogens is 3. The molecular weight excluding hydrogens is 415 g/mol. The normalized spacial score (nSPS) is 12.5. The van der Waals surface area contributed by atoms with Crippen molar-refractivity contribution in [1.82, 2.24) is 19.6 Å². The van der Waals surface area contributed by atoms with Crippen molar-refractivity contribution in [2.24, 2.45) is 0 Å². The number of alkyl halides is 3. The number of rotatable bonds is 6. The summed E-state index contributed by atoms with van der Waals surface area (Å²) in [7, 11) is 0. The number of esters is 1. The predicted octanol–water partition coefficient (Wildman–Crippen LogP) is 3.77. The number of amides is 1. The first-order valence-corrected chi connectivity index (χ1v) is 9.38. The second-order valence-corrected chi connectivity index (χ2v) is 6.65. The molecule has 0 aliphatic heterocycles. The number of anilines is 1. The number of nitrogens with one attached hydrogen (secondary N) is 1. The lowest BCUT2D eigenvalue weighted by Gasteiger charge is -2.16. The van der Waals surface area contributed by atoms with Crippen LogP contribution in [0, 0.1) is 6.92 Å². The van der Waals surface area contributed by atoms with Crippen LogP contribution in [-0.4, -0.2) is 38.0 Å². The van der Waals surface area contributed by atoms with E-state index in [-0.39, 0.29) is 23.7 Å². The Morgan fingerprint density at radius 3 is 2.48 bits per heavy atom. The van der Waals surface area contributed by atoms with Crippen LogP contribution in [0.4, 0.5) is 19.0 Å². The monoisotopic (exact) mass is 435 g/mol. The van der Waals surface area contributed by atoms with Gasteiger partial charge in [0.05, 0.1) is 18.5 Å². The molecule has 0 saturated heterocycles. The second-order valence-electron chi connectivity index (χ2n) is 6.65. The highest BCUT2D eigenvalue weighted by Crippen LogP contribution is 2.30. The number of para-hydroxylation sites is 1. The van der Waals surface area contributed by atoms with Gasteiger partial charge in [0.1, 0.15) is 11.6 Å². The maximum Gasteiger partial charge on any atom is 0.435 e. The van der Waals surface area contributed by atoms with Gasteiger partial charge in [0.2, 0.25) is 5.91 Å². The first-order chi connectivity index (χ1) is 14.6. The van der Waals surface area contributed by atoms with Crippen molar-refractivity contribution in [3.05, 3.63) is 59.5 Å². The molecule has 3 aromatic rings. The van der Waals surface area contributed by atoms with Crippen molar-refractivity contribution < 1.29 is 27.5 Å². The standard InChI is InChI=1S/C20H20F3N5O3/c1-4-31-19(30)15-11-24-28(14-8-6-5-7-9-14)17(15)25-18(29)13(3)27-12(2)10-16(26-27)20(21,22)23/h5-11,13H,4H2,1-3H3,(H,25,29). The summed E-state index contributed by atoms with van der Waals surface area (Å²) in [4.78, 5) is 25.2. The lowest BCUT2D eigenvalue weighted by molar-refractivity contribution is -0.141. The summed E-state index contributed by atoms with van der Waals surface area (Å²) in [5.41, 5.74) is -0.349. The number of carbonyl (C=O) groups is 2. The number of hydrogen-bond acceptors (Lipinski definition) is 5. The largest absolute Gasteiger partial charge is 0.462 e. The van der Waals surface area contributed by atoms with E-state index in [9.17, 15) is 22.8 Å². The van der Waals surface area contributed by atoms with E-state index in [4.69, 9.17) is 4.74 Å². The fourth-order valence-corrected chi connectivity index (χ4v) is 2.94. The number of hydrogen-bond donors (Lipinski definition) is 1. The van der Waals surface area contributed by atoms with Gasteiger partial charge in [-0.15, -0.1) is 0 Å². The van der Waals surface area contributed by atoms with Crippen molar-refractivity contribution in [3.8, 4) is 5.69 Å². The average molecular weight is 435 g/mol. The van der Waals surface area contributed by atoms with Crippen LogP contribution in [0.5, 0.6) is 0 Å². The molecule has 2 aromatic heterocycles.